The normalized spacial score (nSPS) is 16.4. The van der Waals surface area contributed by atoms with Crippen LogP contribution >= 0.6 is 11.3 Å². The third-order valence-electron chi connectivity index (χ3n) is 3.44. The Hall–Kier alpha value is -1.71. The van der Waals surface area contributed by atoms with E-state index in [2.05, 4.69) is 15.6 Å². The summed E-state index contributed by atoms with van der Waals surface area (Å²) in [5, 5.41) is 19.2. The van der Waals surface area contributed by atoms with Gasteiger partial charge in [0.1, 0.15) is 6.20 Å². The van der Waals surface area contributed by atoms with Crippen molar-refractivity contribution in [3.05, 3.63) is 21.7 Å². The van der Waals surface area contributed by atoms with Gasteiger partial charge < -0.3 is 25.5 Å². The molecular weight excluding hydrogens is 294 g/mol. The van der Waals surface area contributed by atoms with Gasteiger partial charge in [-0.2, -0.15) is 9.38 Å². The summed E-state index contributed by atoms with van der Waals surface area (Å²) in [5.41, 5.74) is 0. The Labute approximate surface area is 125 Å². The van der Waals surface area contributed by atoms with Crippen LogP contribution in [-0.4, -0.2) is 46.7 Å². The lowest BCUT2D eigenvalue weighted by Crippen LogP contribution is -2.33. The number of fused-ring (bicyclic) bond motifs is 1. The van der Waals surface area contributed by atoms with Gasteiger partial charge >= 0.3 is 5.82 Å². The lowest BCUT2D eigenvalue weighted by atomic mass is 10.1. The van der Waals surface area contributed by atoms with Crippen LogP contribution in [0.4, 0.5) is 11.6 Å². The van der Waals surface area contributed by atoms with Gasteiger partial charge in [0.25, 0.3) is 4.96 Å². The van der Waals surface area contributed by atoms with E-state index in [4.69, 9.17) is 4.74 Å². The van der Waals surface area contributed by atoms with Crippen molar-refractivity contribution in [3.8, 4) is 0 Å². The number of nitrogens with one attached hydrogen (secondary N) is 2. The van der Waals surface area contributed by atoms with Crippen molar-refractivity contribution in [1.82, 2.24) is 14.7 Å². The van der Waals surface area contributed by atoms with E-state index in [0.717, 1.165) is 25.9 Å². The Morgan fingerprint density at radius 1 is 1.57 bits per heavy atom. The minimum atomic E-state index is -0.414. The van der Waals surface area contributed by atoms with E-state index in [0.29, 0.717) is 23.9 Å². The molecule has 1 aliphatic heterocycles. The zero-order chi connectivity index (χ0) is 14.7. The predicted octanol–water partition coefficient (Wildman–Crippen LogP) is 1.48. The van der Waals surface area contributed by atoms with Crippen molar-refractivity contribution in [2.75, 3.05) is 31.6 Å². The minimum absolute atomic E-state index is 0.0203. The van der Waals surface area contributed by atoms with Gasteiger partial charge in [-0.25, -0.2) is 0 Å². The van der Waals surface area contributed by atoms with E-state index in [1.54, 1.807) is 11.6 Å². The van der Waals surface area contributed by atoms with Gasteiger partial charge in [0.05, 0.1) is 12.7 Å². The molecule has 114 valence electrons. The summed E-state index contributed by atoms with van der Waals surface area (Å²) < 4.78 is 7.24. The summed E-state index contributed by atoms with van der Waals surface area (Å²) in [6, 6.07) is 0. The molecule has 0 radical (unpaired) electrons. The second-order valence-electron chi connectivity index (χ2n) is 4.84. The number of thiazole rings is 1. The van der Waals surface area contributed by atoms with E-state index in [1.807, 2.05) is 0 Å². The fraction of sp³-hybridized carbons (Fsp3) is 0.583. The highest BCUT2D eigenvalue weighted by Crippen LogP contribution is 2.27. The minimum Gasteiger partial charge on any atom is -0.376 e. The molecule has 1 saturated heterocycles. The molecule has 0 atom stereocenters. The second-order valence-corrected chi connectivity index (χ2v) is 5.72. The molecule has 0 spiro atoms. The van der Waals surface area contributed by atoms with Crippen molar-refractivity contribution in [3.63, 3.8) is 0 Å². The fourth-order valence-electron chi connectivity index (χ4n) is 2.42. The van der Waals surface area contributed by atoms with Crippen LogP contribution in [-0.2, 0) is 4.74 Å². The number of hydrogen-bond acceptors (Lipinski definition) is 7. The summed E-state index contributed by atoms with van der Waals surface area (Å²) in [6.45, 7) is 3.00. The maximum Gasteiger partial charge on any atom is 0.372 e. The van der Waals surface area contributed by atoms with Crippen LogP contribution in [0, 0.1) is 10.1 Å². The van der Waals surface area contributed by atoms with Crippen molar-refractivity contribution < 1.29 is 9.66 Å². The molecule has 1 aliphatic rings. The van der Waals surface area contributed by atoms with Crippen LogP contribution in [0.1, 0.15) is 12.8 Å². The lowest BCUT2D eigenvalue weighted by Gasteiger charge is -2.22. The topological polar surface area (TPSA) is 93.7 Å². The Kier molecular flexibility index (Phi) is 4.32. The first-order valence-electron chi connectivity index (χ1n) is 6.92. The number of nitro groups is 1. The first-order chi connectivity index (χ1) is 10.3. The molecule has 0 amide bonds. The number of aromatic nitrogens is 2. The summed E-state index contributed by atoms with van der Waals surface area (Å²) in [4.78, 5) is 15.6. The highest BCUT2D eigenvalue weighted by molar-refractivity contribution is 7.15. The number of nitrogens with zero attached hydrogens (tertiary/aromatic N) is 3. The van der Waals surface area contributed by atoms with Crippen molar-refractivity contribution in [2.24, 2.45) is 0 Å². The fourth-order valence-corrected chi connectivity index (χ4v) is 3.13. The zero-order valence-electron chi connectivity index (χ0n) is 11.4. The number of ether oxygens (including phenoxy) is 1. The van der Waals surface area contributed by atoms with Gasteiger partial charge in [-0.15, -0.1) is 0 Å². The summed E-state index contributed by atoms with van der Waals surface area (Å²) >= 11 is 1.37. The zero-order valence-corrected chi connectivity index (χ0v) is 12.3. The molecule has 9 heteroatoms. The first-order valence-corrected chi connectivity index (χ1v) is 7.80. The van der Waals surface area contributed by atoms with Crippen LogP contribution in [0.25, 0.3) is 4.96 Å². The molecule has 0 aromatic carbocycles. The van der Waals surface area contributed by atoms with Crippen LogP contribution in [0.2, 0.25) is 0 Å². The Morgan fingerprint density at radius 2 is 2.38 bits per heavy atom. The molecule has 0 bridgehead atoms. The number of imidazole rings is 1. The van der Waals surface area contributed by atoms with E-state index < -0.39 is 4.92 Å². The van der Waals surface area contributed by atoms with Gasteiger partial charge in [0, 0.05) is 11.9 Å². The Morgan fingerprint density at radius 3 is 3.14 bits per heavy atom. The molecule has 0 saturated carbocycles. The molecule has 3 heterocycles. The molecule has 3 rings (SSSR count). The van der Waals surface area contributed by atoms with Gasteiger partial charge in [-0.1, -0.05) is 11.3 Å². The average Bonchev–Trinajstić information content (AvgIpc) is 3.04. The van der Waals surface area contributed by atoms with E-state index in [9.17, 15) is 10.1 Å². The Bertz CT molecular complexity index is 619. The maximum absolute atomic E-state index is 11.1. The third-order valence-corrected chi connectivity index (χ3v) is 4.20. The lowest BCUT2D eigenvalue weighted by molar-refractivity contribution is -0.389. The molecule has 2 N–H and O–H groups in total. The number of hydrogen-bond donors (Lipinski definition) is 2. The highest BCUT2D eigenvalue weighted by atomic mass is 32.1. The van der Waals surface area contributed by atoms with Gasteiger partial charge in [-0.05, 0) is 30.9 Å². The molecule has 21 heavy (non-hydrogen) atoms. The smallest absolute Gasteiger partial charge is 0.372 e. The van der Waals surface area contributed by atoms with Crippen LogP contribution < -0.4 is 10.6 Å². The molecule has 0 unspecified atom stereocenters. The Balaban J connectivity index is 1.56. The summed E-state index contributed by atoms with van der Waals surface area (Å²) in [5.74, 6) is 0.286. The largest absolute Gasteiger partial charge is 0.376 e. The molecule has 8 nitrogen and oxygen atoms in total. The van der Waals surface area contributed by atoms with Crippen LogP contribution in [0.15, 0.2) is 11.6 Å². The summed E-state index contributed by atoms with van der Waals surface area (Å²) in [7, 11) is 0. The van der Waals surface area contributed by atoms with E-state index in [1.165, 1.54) is 15.7 Å². The molecule has 0 aliphatic carbocycles. The van der Waals surface area contributed by atoms with Gasteiger partial charge in [0.15, 0.2) is 0 Å². The molecular formula is C12H17N5O3S. The van der Waals surface area contributed by atoms with Crippen LogP contribution in [0.3, 0.4) is 0 Å². The average molecular weight is 311 g/mol. The standard InChI is InChI=1S/C12H17N5O3S/c18-17(19)11-10(15-12-16(11)6-8-21-12)14-5-7-20-9-1-3-13-4-2-9/h6,8-9,13-14H,1-5,7H2. The quantitative estimate of drug-likeness (QED) is 0.477. The second kappa shape index (κ2) is 6.37. The van der Waals surface area contributed by atoms with Crippen molar-refractivity contribution in [2.45, 2.75) is 18.9 Å². The van der Waals surface area contributed by atoms with Crippen molar-refractivity contribution >= 4 is 27.9 Å². The number of piperidine rings is 1. The molecule has 2 aromatic heterocycles. The van der Waals surface area contributed by atoms with Gasteiger partial charge in [-0.3, -0.25) is 0 Å². The number of rotatable bonds is 6. The van der Waals surface area contributed by atoms with E-state index >= 15 is 0 Å². The number of anilines is 1. The summed E-state index contributed by atoms with van der Waals surface area (Å²) in [6.07, 6.45) is 3.97. The van der Waals surface area contributed by atoms with Crippen molar-refractivity contribution in [1.29, 1.82) is 0 Å². The predicted molar refractivity (Wildman–Crippen MR) is 80.1 cm³/mol. The van der Waals surface area contributed by atoms with Gasteiger partial charge in [0.2, 0.25) is 5.82 Å². The monoisotopic (exact) mass is 311 g/mol. The maximum atomic E-state index is 11.1. The SMILES string of the molecule is O=[N+]([O-])c1c(NCCOC2CCNCC2)nc2sccn12. The van der Waals surface area contributed by atoms with E-state index in [-0.39, 0.29) is 11.9 Å². The first kappa shape index (κ1) is 14.2. The van der Waals surface area contributed by atoms with Crippen LogP contribution in [0.5, 0.6) is 0 Å². The molecule has 1 fully saturated rings. The third kappa shape index (κ3) is 3.14. The molecule has 2 aromatic rings. The highest BCUT2D eigenvalue weighted by Gasteiger charge is 2.23.